The van der Waals surface area contributed by atoms with E-state index >= 15 is 0 Å². The molecule has 118 heavy (non-hydrogen) atoms. The first-order chi connectivity index (χ1) is 58.5. The van der Waals surface area contributed by atoms with Crippen molar-refractivity contribution in [1.82, 2.24) is 18.3 Å². The molecule has 6 nitrogen and oxygen atoms in total. The molecule has 0 saturated heterocycles. The van der Waals surface area contributed by atoms with Crippen molar-refractivity contribution >= 4 is 132 Å². The first-order valence-corrected chi connectivity index (χ1v) is 40.4. The molecule has 0 aliphatic rings. The van der Waals surface area contributed by atoms with Crippen LogP contribution in [0.25, 0.3) is 165 Å². The van der Waals surface area contributed by atoms with E-state index in [4.69, 9.17) is 0 Å². The third kappa shape index (κ3) is 12.2. The Morgan fingerprint density at radius 1 is 0.127 bits per heavy atom. The van der Waals surface area contributed by atoms with Gasteiger partial charge >= 0.3 is 0 Å². The van der Waals surface area contributed by atoms with E-state index in [9.17, 15) is 0 Å². The molecule has 0 unspecified atom stereocenters. The van der Waals surface area contributed by atoms with E-state index in [1.807, 2.05) is 0 Å². The van der Waals surface area contributed by atoms with Crippen molar-refractivity contribution in [2.45, 2.75) is 0 Å². The molecule has 0 aliphatic heterocycles. The number of hydrogen-bond donors (Lipinski definition) is 0. The van der Waals surface area contributed by atoms with Gasteiger partial charge in [-0.25, -0.2) is 0 Å². The van der Waals surface area contributed by atoms with Crippen LogP contribution in [0.4, 0.5) is 34.1 Å². The average Bonchev–Trinajstić information content (AvgIpc) is 1.59. The molecule has 0 saturated carbocycles. The number of para-hydroxylation sites is 7. The number of aromatic nitrogens is 4. The van der Waals surface area contributed by atoms with Crippen molar-refractivity contribution in [1.29, 1.82) is 0 Å². The highest BCUT2D eigenvalue weighted by atomic mass is 15.1. The van der Waals surface area contributed by atoms with Crippen LogP contribution < -0.4 is 9.80 Å². The summed E-state index contributed by atoms with van der Waals surface area (Å²) < 4.78 is 9.61. The highest BCUT2D eigenvalue weighted by Gasteiger charge is 2.22. The smallest absolute Gasteiger partial charge is 0.0541 e. The zero-order valence-electron chi connectivity index (χ0n) is 64.6. The predicted octanol–water partition coefficient (Wildman–Crippen LogP) is 30.5. The number of anilines is 6. The van der Waals surface area contributed by atoms with Gasteiger partial charge in [0.05, 0.1) is 44.1 Å². The molecule has 0 radical (unpaired) electrons. The van der Waals surface area contributed by atoms with Crippen LogP contribution in [0.3, 0.4) is 0 Å². The van der Waals surface area contributed by atoms with Gasteiger partial charge in [0.15, 0.2) is 0 Å². The summed E-state index contributed by atoms with van der Waals surface area (Å²) in [6.45, 7) is 0. The van der Waals surface area contributed by atoms with Crippen molar-refractivity contribution < 1.29 is 0 Å². The van der Waals surface area contributed by atoms with Gasteiger partial charge in [-0.05, 0) is 225 Å². The summed E-state index contributed by atoms with van der Waals surface area (Å²) in [4.78, 5) is 4.68. The van der Waals surface area contributed by atoms with Crippen LogP contribution in [-0.2, 0) is 0 Å². The van der Waals surface area contributed by atoms with E-state index in [1.54, 1.807) is 0 Å². The summed E-state index contributed by atoms with van der Waals surface area (Å²) in [5, 5.41) is 12.5. The molecule has 0 fully saturated rings. The Kier molecular flexibility index (Phi) is 17.1. The lowest BCUT2D eigenvalue weighted by molar-refractivity contribution is 1.13. The summed E-state index contributed by atoms with van der Waals surface area (Å²) in [5.41, 5.74) is 30.4. The largest absolute Gasteiger partial charge is 0.311 e. The molecule has 6 heteroatoms. The second-order valence-electron chi connectivity index (χ2n) is 30.4. The Bertz CT molecular complexity index is 7520. The monoisotopic (exact) mass is 1500 g/mol. The van der Waals surface area contributed by atoms with Crippen molar-refractivity contribution in [2.75, 3.05) is 9.80 Å². The van der Waals surface area contributed by atoms with E-state index in [1.165, 1.54) is 143 Å². The Labute approximate surface area is 684 Å². The molecule has 0 N–H and O–H groups in total. The summed E-state index contributed by atoms with van der Waals surface area (Å²) in [6.07, 6.45) is 0. The van der Waals surface area contributed by atoms with Gasteiger partial charge < -0.3 is 28.1 Å². The Balaban J connectivity index is 0.000000144. The zero-order chi connectivity index (χ0) is 78.0. The summed E-state index contributed by atoms with van der Waals surface area (Å²) in [6, 6.07) is 167. The van der Waals surface area contributed by atoms with E-state index in [0.717, 1.165) is 56.9 Å². The predicted molar refractivity (Wildman–Crippen MR) is 499 cm³/mol. The van der Waals surface area contributed by atoms with Gasteiger partial charge in [0, 0.05) is 100.0 Å². The highest BCUT2D eigenvalue weighted by molar-refractivity contribution is 6.14. The SMILES string of the molecule is c1ccc(-c2ccc(N(c3ccc(-c4ccccc4)cc3)c3ccc(-c4ccc5c(c4)c4ccccc4n5-c4cccc(-n5c6ccccc6c6ccccc65)c4)cc3)cc2)cc1.c1ccc(N(c2ccc(-c3ccc4c(c3)c3ccccc3n4-c3cccc(-n4c5ccccc5c5ccccc54)c3)cc2)c2ccc3ccccc3c2)cc1. The number of rotatable bonds is 14. The first-order valence-electron chi connectivity index (χ1n) is 40.4. The lowest BCUT2D eigenvalue weighted by Gasteiger charge is -2.26. The quantitative estimate of drug-likeness (QED) is 0.108. The lowest BCUT2D eigenvalue weighted by atomic mass is 10.0. The van der Waals surface area contributed by atoms with Gasteiger partial charge in [-0.2, -0.15) is 0 Å². The molecule has 0 aliphatic carbocycles. The minimum atomic E-state index is 1.10. The van der Waals surface area contributed by atoms with E-state index < -0.39 is 0 Å². The fourth-order valence-corrected chi connectivity index (χ4v) is 18.1. The molecule has 23 aromatic rings. The number of nitrogens with zero attached hydrogens (tertiary/aromatic N) is 6. The van der Waals surface area contributed by atoms with Crippen molar-refractivity contribution in [2.24, 2.45) is 0 Å². The third-order valence-electron chi connectivity index (χ3n) is 23.6. The number of hydrogen-bond acceptors (Lipinski definition) is 2. The normalized spacial score (nSPS) is 11.6. The minimum Gasteiger partial charge on any atom is -0.311 e. The second kappa shape index (κ2) is 29.3. The lowest BCUT2D eigenvalue weighted by Crippen LogP contribution is -2.09. The van der Waals surface area contributed by atoms with Crippen molar-refractivity contribution in [3.05, 3.63) is 461 Å². The Morgan fingerprint density at radius 3 is 0.712 bits per heavy atom. The van der Waals surface area contributed by atoms with Crippen molar-refractivity contribution in [3.8, 4) is 67.3 Å². The summed E-state index contributed by atoms with van der Waals surface area (Å²) in [5.74, 6) is 0. The van der Waals surface area contributed by atoms with Gasteiger partial charge in [-0.15, -0.1) is 0 Å². The van der Waals surface area contributed by atoms with E-state index in [2.05, 4.69) is 489 Å². The second-order valence-corrected chi connectivity index (χ2v) is 30.4. The van der Waals surface area contributed by atoms with Crippen LogP contribution >= 0.6 is 0 Å². The first kappa shape index (κ1) is 69.0. The molecule has 4 heterocycles. The van der Waals surface area contributed by atoms with Crippen LogP contribution in [0.15, 0.2) is 461 Å². The van der Waals surface area contributed by atoms with Gasteiger partial charge in [0.25, 0.3) is 0 Å². The van der Waals surface area contributed by atoms with Gasteiger partial charge in [0.1, 0.15) is 0 Å². The Hall–Kier alpha value is -15.8. The number of benzene rings is 19. The topological polar surface area (TPSA) is 26.2 Å². The van der Waals surface area contributed by atoms with Gasteiger partial charge in [-0.3, -0.25) is 0 Å². The Morgan fingerprint density at radius 2 is 0.364 bits per heavy atom. The highest BCUT2D eigenvalue weighted by Crippen LogP contribution is 2.44. The standard InChI is InChI=1S/C60H41N3.C52H35N3/c1-3-14-42(15-4-1)44-26-33-48(34-27-44)61(49-35-28-45(29-36-49)43-16-5-2-6-17-43)50-37-30-46(31-38-50)47-32-39-60-56(40-47)55-22-9-12-25-59(55)63(60)52-19-13-18-51(41-52)62-57-23-10-7-20-53(57)54-21-8-11-24-58(54)62;1-2-15-40(16-3-1)53(44-31-27-36-13-4-5-14-38(36)33-44)41-29-25-37(26-30-41)39-28-32-52-48(34-39)47-21-8-11-24-51(47)55(52)43-18-12-17-42(35-43)54-49-22-9-6-19-45(49)46-20-7-10-23-50(46)54/h1-41H;1-35H. The molecule has 554 valence electrons. The van der Waals surface area contributed by atoms with Crippen LogP contribution in [0, 0.1) is 0 Å². The minimum absolute atomic E-state index is 1.10. The fourth-order valence-electron chi connectivity index (χ4n) is 18.1. The van der Waals surface area contributed by atoms with Crippen LogP contribution in [0.2, 0.25) is 0 Å². The molecular formula is C112H76N6. The molecular weight excluding hydrogens is 1430 g/mol. The van der Waals surface area contributed by atoms with Gasteiger partial charge in [-0.1, -0.05) is 291 Å². The van der Waals surface area contributed by atoms with E-state index in [0.29, 0.717) is 0 Å². The average molecular weight is 1510 g/mol. The molecule has 23 rings (SSSR count). The maximum Gasteiger partial charge on any atom is 0.0541 e. The van der Waals surface area contributed by atoms with Gasteiger partial charge in [0.2, 0.25) is 0 Å². The molecule has 4 aromatic heterocycles. The van der Waals surface area contributed by atoms with E-state index in [-0.39, 0.29) is 0 Å². The zero-order valence-corrected chi connectivity index (χ0v) is 64.6. The third-order valence-corrected chi connectivity index (χ3v) is 23.6. The summed E-state index contributed by atoms with van der Waals surface area (Å²) >= 11 is 0. The molecule has 19 aromatic carbocycles. The molecule has 0 amide bonds. The van der Waals surface area contributed by atoms with Crippen LogP contribution in [0.5, 0.6) is 0 Å². The maximum atomic E-state index is 2.42. The van der Waals surface area contributed by atoms with Crippen LogP contribution in [0.1, 0.15) is 0 Å². The van der Waals surface area contributed by atoms with Crippen molar-refractivity contribution in [3.63, 3.8) is 0 Å². The molecule has 0 atom stereocenters. The number of fused-ring (bicyclic) bond motifs is 13. The van der Waals surface area contributed by atoms with Crippen LogP contribution in [-0.4, -0.2) is 18.3 Å². The fraction of sp³-hybridized carbons (Fsp3) is 0. The molecule has 0 spiro atoms. The maximum absolute atomic E-state index is 2.42. The molecule has 0 bridgehead atoms. The summed E-state index contributed by atoms with van der Waals surface area (Å²) in [7, 11) is 0.